The lowest BCUT2D eigenvalue weighted by Crippen LogP contribution is -2.46. The molecule has 0 aliphatic carbocycles. The molecule has 150 valence electrons. The highest BCUT2D eigenvalue weighted by molar-refractivity contribution is 9.10. The Labute approximate surface area is 171 Å². The highest BCUT2D eigenvalue weighted by Gasteiger charge is 2.28. The number of nitrogens with zero attached hydrogens (tertiary/aromatic N) is 2. The van der Waals surface area contributed by atoms with E-state index >= 15 is 0 Å². The van der Waals surface area contributed by atoms with Crippen LogP contribution in [0.2, 0.25) is 0 Å². The summed E-state index contributed by atoms with van der Waals surface area (Å²) >= 11 is 3.49. The van der Waals surface area contributed by atoms with Gasteiger partial charge >= 0.3 is 0 Å². The van der Waals surface area contributed by atoms with Crippen LogP contribution in [0.4, 0.5) is 5.69 Å². The summed E-state index contributed by atoms with van der Waals surface area (Å²) < 4.78 is 1.09. The van der Waals surface area contributed by atoms with Crippen LogP contribution in [0.25, 0.3) is 0 Å². The van der Waals surface area contributed by atoms with E-state index in [1.165, 1.54) is 5.69 Å². The first-order valence-corrected chi connectivity index (χ1v) is 10.5. The molecule has 0 aromatic heterocycles. The fraction of sp³-hybridized carbons (Fsp3) is 0.600. The molecule has 2 rings (SSSR count). The molecular formula is C20H32BrN5O. The molecule has 1 aromatic carbocycles. The van der Waals surface area contributed by atoms with Crippen LogP contribution in [0, 0.1) is 5.41 Å². The monoisotopic (exact) mass is 437 g/mol. The van der Waals surface area contributed by atoms with Crippen molar-refractivity contribution in [2.24, 2.45) is 10.4 Å². The molecule has 3 N–H and O–H groups in total. The van der Waals surface area contributed by atoms with Crippen molar-refractivity contribution in [3.8, 4) is 0 Å². The number of anilines is 1. The number of carbonyl (C=O) groups is 1. The molecule has 7 heteroatoms. The first-order valence-electron chi connectivity index (χ1n) is 9.69. The second kappa shape index (κ2) is 9.97. The maximum atomic E-state index is 12.2. The van der Waals surface area contributed by atoms with Gasteiger partial charge in [0.05, 0.1) is 12.0 Å². The molecule has 1 aliphatic rings. The predicted molar refractivity (Wildman–Crippen MR) is 116 cm³/mol. The third-order valence-electron chi connectivity index (χ3n) is 4.65. The minimum absolute atomic E-state index is 0.0341. The molecule has 1 atom stereocenters. The molecule has 6 nitrogen and oxygen atoms in total. The predicted octanol–water partition coefficient (Wildman–Crippen LogP) is 2.75. The van der Waals surface area contributed by atoms with Crippen LogP contribution in [-0.4, -0.2) is 50.6 Å². The van der Waals surface area contributed by atoms with E-state index in [4.69, 9.17) is 0 Å². The summed E-state index contributed by atoms with van der Waals surface area (Å²) in [5.74, 6) is 0.810. The lowest BCUT2D eigenvalue weighted by Gasteiger charge is -2.23. The van der Waals surface area contributed by atoms with E-state index in [0.717, 1.165) is 36.5 Å². The van der Waals surface area contributed by atoms with Gasteiger partial charge in [-0.2, -0.15) is 0 Å². The molecule has 1 aliphatic heterocycles. The number of benzene rings is 1. The highest BCUT2D eigenvalue weighted by atomic mass is 79.9. The van der Waals surface area contributed by atoms with Gasteiger partial charge in [0.1, 0.15) is 0 Å². The first-order chi connectivity index (χ1) is 12.9. The molecule has 1 heterocycles. The van der Waals surface area contributed by atoms with E-state index in [9.17, 15) is 4.79 Å². The number of guanidine groups is 1. The zero-order chi connectivity index (χ0) is 19.9. The van der Waals surface area contributed by atoms with Gasteiger partial charge in [-0.05, 0) is 58.4 Å². The number of nitrogens with one attached hydrogen (secondary N) is 3. The van der Waals surface area contributed by atoms with Gasteiger partial charge in [0.2, 0.25) is 5.91 Å². The smallest absolute Gasteiger partial charge is 0.227 e. The van der Waals surface area contributed by atoms with E-state index in [1.807, 2.05) is 20.8 Å². The molecule has 1 unspecified atom stereocenters. The number of halogens is 1. The standard InChI is InChI=1S/C20H32BrN5O/c1-5-22-18(27)20(3,4)14-24-19(23-6-2)25-16-11-12-26(13-16)17-9-7-15(21)8-10-17/h7-10,16H,5-6,11-14H2,1-4H3,(H,22,27)(H2,23,24,25). The fourth-order valence-electron chi connectivity index (χ4n) is 3.03. The summed E-state index contributed by atoms with van der Waals surface area (Å²) in [6, 6.07) is 8.76. The number of hydrogen-bond donors (Lipinski definition) is 3. The van der Waals surface area contributed by atoms with Crippen molar-refractivity contribution in [2.75, 3.05) is 37.6 Å². The molecule has 1 aromatic rings. The summed E-state index contributed by atoms with van der Waals surface area (Å²) in [5, 5.41) is 9.71. The van der Waals surface area contributed by atoms with Gasteiger partial charge in [-0.25, -0.2) is 0 Å². The van der Waals surface area contributed by atoms with Crippen molar-refractivity contribution < 1.29 is 4.79 Å². The molecule has 0 bridgehead atoms. The summed E-state index contributed by atoms with van der Waals surface area (Å²) in [7, 11) is 0. The molecule has 1 saturated heterocycles. The molecule has 27 heavy (non-hydrogen) atoms. The summed E-state index contributed by atoms with van der Waals surface area (Å²) in [4.78, 5) is 19.2. The van der Waals surface area contributed by atoms with E-state index in [1.54, 1.807) is 0 Å². The van der Waals surface area contributed by atoms with Crippen LogP contribution in [0.3, 0.4) is 0 Å². The number of hydrogen-bond acceptors (Lipinski definition) is 3. The van der Waals surface area contributed by atoms with E-state index < -0.39 is 5.41 Å². The molecule has 0 radical (unpaired) electrons. The molecule has 1 fully saturated rings. The van der Waals surface area contributed by atoms with Crippen LogP contribution in [0.15, 0.2) is 33.7 Å². The second-order valence-electron chi connectivity index (χ2n) is 7.49. The summed E-state index contributed by atoms with van der Waals surface area (Å²) in [5.41, 5.74) is 0.708. The number of aliphatic imine (C=N–C) groups is 1. The van der Waals surface area contributed by atoms with Crippen molar-refractivity contribution in [1.82, 2.24) is 16.0 Å². The maximum absolute atomic E-state index is 12.2. The van der Waals surface area contributed by atoms with E-state index in [-0.39, 0.29) is 5.91 Å². The number of amides is 1. The zero-order valence-corrected chi connectivity index (χ0v) is 18.4. The average Bonchev–Trinajstić information content (AvgIpc) is 3.09. The van der Waals surface area contributed by atoms with Crippen molar-refractivity contribution in [2.45, 2.75) is 40.2 Å². The third kappa shape index (κ3) is 6.41. The molecular weight excluding hydrogens is 406 g/mol. The molecule has 0 saturated carbocycles. The van der Waals surface area contributed by atoms with E-state index in [0.29, 0.717) is 19.1 Å². The summed E-state index contributed by atoms with van der Waals surface area (Å²) in [6.45, 7) is 11.7. The highest BCUT2D eigenvalue weighted by Crippen LogP contribution is 2.22. The van der Waals surface area contributed by atoms with Gasteiger partial charge in [0.25, 0.3) is 0 Å². The van der Waals surface area contributed by atoms with Gasteiger partial charge in [0, 0.05) is 42.4 Å². The number of rotatable bonds is 7. The maximum Gasteiger partial charge on any atom is 0.227 e. The Hall–Kier alpha value is -1.76. The molecule has 0 spiro atoms. The van der Waals surface area contributed by atoms with Crippen molar-refractivity contribution >= 4 is 33.5 Å². The van der Waals surface area contributed by atoms with Crippen molar-refractivity contribution in [3.63, 3.8) is 0 Å². The Bertz CT molecular complexity index is 644. The van der Waals surface area contributed by atoms with Crippen LogP contribution in [0.5, 0.6) is 0 Å². The van der Waals surface area contributed by atoms with Gasteiger partial charge in [0.15, 0.2) is 5.96 Å². The Morgan fingerprint density at radius 2 is 1.89 bits per heavy atom. The van der Waals surface area contributed by atoms with Crippen LogP contribution < -0.4 is 20.9 Å². The zero-order valence-electron chi connectivity index (χ0n) is 16.8. The SMILES string of the molecule is CCNC(=O)C(C)(C)CN=C(NCC)NC1CCN(c2ccc(Br)cc2)C1. The van der Waals surface area contributed by atoms with Crippen LogP contribution >= 0.6 is 15.9 Å². The Morgan fingerprint density at radius 1 is 1.22 bits per heavy atom. The molecule has 1 amide bonds. The van der Waals surface area contributed by atoms with Gasteiger partial charge in [-0.3, -0.25) is 9.79 Å². The summed E-state index contributed by atoms with van der Waals surface area (Å²) in [6.07, 6.45) is 1.06. The number of carbonyl (C=O) groups excluding carboxylic acids is 1. The fourth-order valence-corrected chi connectivity index (χ4v) is 3.29. The Balaban J connectivity index is 1.95. The van der Waals surface area contributed by atoms with Crippen LogP contribution in [0.1, 0.15) is 34.1 Å². The Morgan fingerprint density at radius 3 is 2.52 bits per heavy atom. The van der Waals surface area contributed by atoms with Gasteiger partial charge in [-0.15, -0.1) is 0 Å². The van der Waals surface area contributed by atoms with Crippen molar-refractivity contribution in [1.29, 1.82) is 0 Å². The largest absolute Gasteiger partial charge is 0.369 e. The lowest BCUT2D eigenvalue weighted by molar-refractivity contribution is -0.128. The van der Waals surface area contributed by atoms with Crippen molar-refractivity contribution in [3.05, 3.63) is 28.7 Å². The topological polar surface area (TPSA) is 68.8 Å². The third-order valence-corrected chi connectivity index (χ3v) is 5.18. The normalized spacial score (nSPS) is 17.7. The van der Waals surface area contributed by atoms with Gasteiger partial charge < -0.3 is 20.9 Å². The van der Waals surface area contributed by atoms with Gasteiger partial charge in [-0.1, -0.05) is 15.9 Å². The van der Waals surface area contributed by atoms with Crippen LogP contribution in [-0.2, 0) is 4.79 Å². The quantitative estimate of drug-likeness (QED) is 0.453. The minimum Gasteiger partial charge on any atom is -0.369 e. The second-order valence-corrected chi connectivity index (χ2v) is 8.41. The lowest BCUT2D eigenvalue weighted by atomic mass is 9.92. The average molecular weight is 438 g/mol. The Kier molecular flexibility index (Phi) is 7.95. The van der Waals surface area contributed by atoms with E-state index in [2.05, 4.69) is 73.0 Å². The first kappa shape index (κ1) is 21.5. The minimum atomic E-state index is -0.530.